The topological polar surface area (TPSA) is 72.9 Å². The summed E-state index contributed by atoms with van der Waals surface area (Å²) in [5, 5.41) is 2.89. The second kappa shape index (κ2) is 8.50. The maximum absolute atomic E-state index is 12.1. The van der Waals surface area contributed by atoms with Gasteiger partial charge in [-0.3, -0.25) is 4.79 Å². The monoisotopic (exact) mass is 362 g/mol. The number of rotatable bonds is 5. The zero-order chi connectivity index (χ0) is 17.1. The largest absolute Gasteiger partial charge is 0.334 e. The Morgan fingerprint density at radius 3 is 2.68 bits per heavy atom. The molecule has 1 aliphatic heterocycles. The minimum Gasteiger partial charge on any atom is -0.334 e. The van der Waals surface area contributed by atoms with E-state index in [1.165, 1.54) is 18.7 Å². The Hall–Kier alpha value is -1.85. The molecule has 2 unspecified atom stereocenters. The zero-order valence-electron chi connectivity index (χ0n) is 14.9. The molecule has 25 heavy (non-hydrogen) atoms. The molecule has 3 rings (SSSR count). The smallest absolute Gasteiger partial charge is 0.241 e. The number of hydrogen-bond acceptors (Lipinski definition) is 3. The number of halogens is 1. The predicted molar refractivity (Wildman–Crippen MR) is 104 cm³/mol. The van der Waals surface area contributed by atoms with Crippen LogP contribution in [0, 0.1) is 5.92 Å². The van der Waals surface area contributed by atoms with E-state index in [0.717, 1.165) is 36.3 Å². The van der Waals surface area contributed by atoms with E-state index >= 15 is 0 Å². The van der Waals surface area contributed by atoms with Crippen LogP contribution in [0.3, 0.4) is 0 Å². The maximum Gasteiger partial charge on any atom is 0.241 e. The quantitative estimate of drug-likeness (QED) is 0.853. The van der Waals surface area contributed by atoms with Crippen molar-refractivity contribution in [2.24, 2.45) is 11.7 Å². The number of aromatic nitrogens is 2. The van der Waals surface area contributed by atoms with Crippen LogP contribution in [0.25, 0.3) is 11.3 Å². The van der Waals surface area contributed by atoms with Crippen LogP contribution in [0.5, 0.6) is 0 Å². The lowest BCUT2D eigenvalue weighted by atomic mass is 9.99. The number of anilines is 1. The summed E-state index contributed by atoms with van der Waals surface area (Å²) >= 11 is 0. The summed E-state index contributed by atoms with van der Waals surface area (Å²) in [4.78, 5) is 16.9. The molecule has 0 bridgehead atoms. The normalized spacial score (nSPS) is 15.6. The average molecular weight is 363 g/mol. The molecule has 0 saturated carbocycles. The Morgan fingerprint density at radius 1 is 1.32 bits per heavy atom. The number of carbonyl (C=O) groups excluding carboxylic acids is 1. The van der Waals surface area contributed by atoms with Gasteiger partial charge in [0.2, 0.25) is 5.91 Å². The van der Waals surface area contributed by atoms with E-state index in [9.17, 15) is 4.79 Å². The molecular formula is C19H27ClN4O. The summed E-state index contributed by atoms with van der Waals surface area (Å²) in [5.74, 6) is 1.21. The Labute approximate surface area is 155 Å². The highest BCUT2D eigenvalue weighted by Gasteiger charge is 2.19. The minimum atomic E-state index is -0.477. The van der Waals surface area contributed by atoms with Gasteiger partial charge in [0.05, 0.1) is 11.7 Å². The van der Waals surface area contributed by atoms with Crippen molar-refractivity contribution in [3.05, 3.63) is 36.3 Å². The fourth-order valence-corrected chi connectivity index (χ4v) is 3.01. The highest BCUT2D eigenvalue weighted by atomic mass is 35.5. The lowest BCUT2D eigenvalue weighted by molar-refractivity contribution is -0.118. The van der Waals surface area contributed by atoms with Crippen LogP contribution in [0.15, 0.2) is 30.5 Å². The van der Waals surface area contributed by atoms with Crippen molar-refractivity contribution >= 4 is 24.0 Å². The highest BCUT2D eigenvalue weighted by molar-refractivity contribution is 5.95. The van der Waals surface area contributed by atoms with Gasteiger partial charge in [0.25, 0.3) is 0 Å². The standard InChI is InChI=1S/C19H26N4O.ClH/c1-3-13(2)18(20)19(24)21-15-9-7-14(8-10-15)16-12-23-11-5-4-6-17(23)22-16;/h7-10,12-13,18H,3-6,11,20H2,1-2H3,(H,21,24);1H. The number of nitrogens with one attached hydrogen (secondary N) is 1. The van der Waals surface area contributed by atoms with Gasteiger partial charge in [0, 0.05) is 30.4 Å². The number of carbonyl (C=O) groups is 1. The van der Waals surface area contributed by atoms with Crippen LogP contribution in [-0.2, 0) is 17.8 Å². The van der Waals surface area contributed by atoms with E-state index in [2.05, 4.69) is 16.1 Å². The summed E-state index contributed by atoms with van der Waals surface area (Å²) in [6.45, 7) is 5.09. The molecule has 1 amide bonds. The average Bonchev–Trinajstić information content (AvgIpc) is 3.05. The Morgan fingerprint density at radius 2 is 2.04 bits per heavy atom. The number of amides is 1. The van der Waals surface area contributed by atoms with Crippen molar-refractivity contribution in [1.29, 1.82) is 0 Å². The molecule has 1 aliphatic rings. The van der Waals surface area contributed by atoms with Gasteiger partial charge in [-0.1, -0.05) is 32.4 Å². The van der Waals surface area contributed by atoms with Crippen molar-refractivity contribution in [1.82, 2.24) is 9.55 Å². The van der Waals surface area contributed by atoms with E-state index in [4.69, 9.17) is 10.7 Å². The predicted octanol–water partition coefficient (Wildman–Crippen LogP) is 3.62. The first kappa shape index (κ1) is 19.5. The lowest BCUT2D eigenvalue weighted by Crippen LogP contribution is -2.40. The van der Waals surface area contributed by atoms with Gasteiger partial charge in [0.1, 0.15) is 5.82 Å². The number of nitrogens with two attached hydrogens (primary N) is 1. The molecule has 1 aromatic carbocycles. The Balaban J connectivity index is 0.00000225. The molecule has 3 N–H and O–H groups in total. The van der Waals surface area contributed by atoms with Crippen LogP contribution in [-0.4, -0.2) is 21.5 Å². The number of hydrogen-bond donors (Lipinski definition) is 2. The summed E-state index contributed by atoms with van der Waals surface area (Å²) in [5.41, 5.74) is 8.81. The third-order valence-corrected chi connectivity index (χ3v) is 4.92. The first-order valence-corrected chi connectivity index (χ1v) is 8.81. The number of nitrogens with zero attached hydrogens (tertiary/aromatic N) is 2. The number of fused-ring (bicyclic) bond motifs is 1. The van der Waals surface area contributed by atoms with Crippen LogP contribution in [0.1, 0.15) is 38.9 Å². The third-order valence-electron chi connectivity index (χ3n) is 4.92. The number of imidazole rings is 1. The van der Waals surface area contributed by atoms with E-state index in [-0.39, 0.29) is 24.2 Å². The van der Waals surface area contributed by atoms with Crippen molar-refractivity contribution in [3.8, 4) is 11.3 Å². The van der Waals surface area contributed by atoms with Crippen LogP contribution < -0.4 is 11.1 Å². The second-order valence-corrected chi connectivity index (χ2v) is 6.67. The van der Waals surface area contributed by atoms with E-state index in [1.54, 1.807) is 0 Å². The van der Waals surface area contributed by atoms with Gasteiger partial charge >= 0.3 is 0 Å². The molecule has 5 nitrogen and oxygen atoms in total. The van der Waals surface area contributed by atoms with Crippen molar-refractivity contribution in [2.75, 3.05) is 5.32 Å². The molecule has 136 valence electrons. The van der Waals surface area contributed by atoms with Gasteiger partial charge in [-0.25, -0.2) is 4.98 Å². The summed E-state index contributed by atoms with van der Waals surface area (Å²) in [6, 6.07) is 7.34. The molecule has 2 aromatic rings. The summed E-state index contributed by atoms with van der Waals surface area (Å²) in [6.07, 6.45) is 6.52. The molecule has 2 atom stereocenters. The molecule has 0 aliphatic carbocycles. The number of benzene rings is 1. The number of aryl methyl sites for hydroxylation is 2. The second-order valence-electron chi connectivity index (χ2n) is 6.67. The molecule has 0 radical (unpaired) electrons. The first-order valence-electron chi connectivity index (χ1n) is 8.81. The molecule has 0 saturated heterocycles. The summed E-state index contributed by atoms with van der Waals surface area (Å²) in [7, 11) is 0. The van der Waals surface area contributed by atoms with Crippen LogP contribution >= 0.6 is 12.4 Å². The minimum absolute atomic E-state index is 0. The van der Waals surface area contributed by atoms with Gasteiger partial charge in [-0.2, -0.15) is 0 Å². The van der Waals surface area contributed by atoms with E-state index < -0.39 is 6.04 Å². The fraction of sp³-hybridized carbons (Fsp3) is 0.474. The van der Waals surface area contributed by atoms with Crippen molar-refractivity contribution in [3.63, 3.8) is 0 Å². The molecule has 0 spiro atoms. The highest BCUT2D eigenvalue weighted by Crippen LogP contribution is 2.24. The fourth-order valence-electron chi connectivity index (χ4n) is 3.01. The van der Waals surface area contributed by atoms with Gasteiger partial charge in [0.15, 0.2) is 0 Å². The van der Waals surface area contributed by atoms with Crippen LogP contribution in [0.2, 0.25) is 0 Å². The molecule has 0 fully saturated rings. The zero-order valence-corrected chi connectivity index (χ0v) is 15.7. The van der Waals surface area contributed by atoms with E-state index in [0.29, 0.717) is 0 Å². The molecule has 2 heterocycles. The van der Waals surface area contributed by atoms with Gasteiger partial charge in [-0.05, 0) is 30.9 Å². The molecule has 6 heteroatoms. The van der Waals surface area contributed by atoms with Crippen molar-refractivity contribution in [2.45, 2.75) is 52.1 Å². The van der Waals surface area contributed by atoms with E-state index in [1.807, 2.05) is 38.1 Å². The van der Waals surface area contributed by atoms with Crippen molar-refractivity contribution < 1.29 is 4.79 Å². The third kappa shape index (κ3) is 4.41. The summed E-state index contributed by atoms with van der Waals surface area (Å²) < 4.78 is 2.25. The maximum atomic E-state index is 12.1. The lowest BCUT2D eigenvalue weighted by Gasteiger charge is -2.17. The van der Waals surface area contributed by atoms with Gasteiger partial charge < -0.3 is 15.6 Å². The van der Waals surface area contributed by atoms with Crippen LogP contribution in [0.4, 0.5) is 5.69 Å². The Kier molecular flexibility index (Phi) is 6.62. The van der Waals surface area contributed by atoms with Gasteiger partial charge in [-0.15, -0.1) is 12.4 Å². The molecule has 1 aromatic heterocycles. The SMILES string of the molecule is CCC(C)C(N)C(=O)Nc1ccc(-c2cn3c(n2)CCCC3)cc1.Cl. The first-order chi connectivity index (χ1) is 11.6. The molecular weight excluding hydrogens is 336 g/mol. The Bertz CT molecular complexity index is 687.